The summed E-state index contributed by atoms with van der Waals surface area (Å²) >= 11 is 0. The highest BCUT2D eigenvalue weighted by molar-refractivity contribution is 5.50. The molecule has 2 aromatic heterocycles. The molecule has 4 bridgehead atoms. The summed E-state index contributed by atoms with van der Waals surface area (Å²) in [5.41, 5.74) is -0.412. The maximum absolute atomic E-state index is 5.94. The first-order chi connectivity index (χ1) is 37.4. The molecule has 6 fully saturated rings. The summed E-state index contributed by atoms with van der Waals surface area (Å²) in [7, 11) is 0. The number of aromatic nitrogens is 6. The summed E-state index contributed by atoms with van der Waals surface area (Å²) in [6.07, 6.45) is 16.6. The van der Waals surface area contributed by atoms with Crippen LogP contribution in [0.5, 0.6) is 0 Å². The zero-order valence-corrected chi connectivity index (χ0v) is 53.3. The summed E-state index contributed by atoms with van der Waals surface area (Å²) in [5, 5.41) is 16.0. The van der Waals surface area contributed by atoms with Crippen molar-refractivity contribution in [3.05, 3.63) is 0 Å². The van der Waals surface area contributed by atoms with Gasteiger partial charge in [-0.05, 0) is 188 Å². The van der Waals surface area contributed by atoms with E-state index in [0.717, 1.165) is 191 Å². The van der Waals surface area contributed by atoms with E-state index >= 15 is 0 Å². The number of hydrogen-bond donors (Lipinski definition) is 4. The predicted molar refractivity (Wildman–Crippen MR) is 329 cm³/mol. The minimum atomic E-state index is -0.0516. The van der Waals surface area contributed by atoms with Gasteiger partial charge in [0.2, 0.25) is 35.7 Å². The molecule has 18 nitrogen and oxygen atoms in total. The Hall–Kier alpha value is -3.42. The Morgan fingerprint density at radius 2 is 0.463 bits per heavy atom. The highest BCUT2D eigenvalue weighted by Gasteiger charge is 2.46. The Balaban J connectivity index is 1.13. The molecule has 0 atom stereocenters. The second kappa shape index (κ2) is 23.9. The van der Waals surface area contributed by atoms with E-state index in [4.69, 9.17) is 39.4 Å². The Morgan fingerprint density at radius 3 is 0.662 bits per heavy atom. The number of rotatable bonds is 6. The van der Waals surface area contributed by atoms with Gasteiger partial charge in [0.05, 0.1) is 26.4 Å². The number of piperidine rings is 4. The summed E-state index contributed by atoms with van der Waals surface area (Å²) < 4.78 is 11.9. The molecule has 0 unspecified atom stereocenters. The summed E-state index contributed by atoms with van der Waals surface area (Å²) in [6, 6.07) is 1.03. The Kier molecular flexibility index (Phi) is 18.3. The van der Waals surface area contributed by atoms with Crippen molar-refractivity contribution in [3.8, 4) is 0 Å². The maximum Gasteiger partial charge on any atom is 0.232 e. The molecular formula is C62H112N16O2. The van der Waals surface area contributed by atoms with Crippen LogP contribution in [0.15, 0.2) is 0 Å². The van der Waals surface area contributed by atoms with Crippen LogP contribution in [0.25, 0.3) is 0 Å². The minimum absolute atomic E-state index is 0.0516. The van der Waals surface area contributed by atoms with Crippen molar-refractivity contribution >= 4 is 35.7 Å². The topological polar surface area (TPSA) is 163 Å². The van der Waals surface area contributed by atoms with E-state index in [1.165, 1.54) is 0 Å². The normalized spacial score (nSPS) is 27.8. The van der Waals surface area contributed by atoms with Crippen LogP contribution in [0.1, 0.15) is 214 Å². The molecule has 4 N–H and O–H groups in total. The van der Waals surface area contributed by atoms with Crippen LogP contribution in [0, 0.1) is 0 Å². The molecule has 2 aromatic rings. The average molecular weight is 1110 g/mol. The van der Waals surface area contributed by atoms with Crippen LogP contribution in [0.2, 0.25) is 0 Å². The van der Waals surface area contributed by atoms with Crippen LogP contribution >= 0.6 is 0 Å². The second-order valence-corrected chi connectivity index (χ2v) is 31.1. The molecule has 18 heteroatoms. The number of ether oxygens (including phenoxy) is 2. The molecular weight excluding hydrogens is 1000 g/mol. The van der Waals surface area contributed by atoms with E-state index in [1.807, 2.05) is 0 Å². The van der Waals surface area contributed by atoms with E-state index < -0.39 is 0 Å². The molecule has 7 aliphatic heterocycles. The molecule has 80 heavy (non-hydrogen) atoms. The number of fused-ring (bicyclic) bond motifs is 4. The fourth-order valence-electron chi connectivity index (χ4n) is 16.6. The van der Waals surface area contributed by atoms with Crippen molar-refractivity contribution in [2.75, 3.05) is 108 Å². The van der Waals surface area contributed by atoms with Gasteiger partial charge in [0.15, 0.2) is 0 Å². The average Bonchev–Trinajstić information content (AvgIpc) is 3.39. The van der Waals surface area contributed by atoms with E-state index in [0.29, 0.717) is 26.4 Å². The van der Waals surface area contributed by atoms with Crippen LogP contribution < -0.4 is 50.7 Å². The number of anilines is 6. The molecule has 9 heterocycles. The molecule has 0 radical (unpaired) electrons. The zero-order valence-electron chi connectivity index (χ0n) is 53.3. The fourth-order valence-corrected chi connectivity index (χ4v) is 16.6. The Morgan fingerprint density at radius 1 is 0.275 bits per heavy atom. The lowest BCUT2D eigenvalue weighted by Crippen LogP contribution is -2.63. The quantitative estimate of drug-likeness (QED) is 0.217. The van der Waals surface area contributed by atoms with Crippen LogP contribution in [0.4, 0.5) is 35.7 Å². The van der Waals surface area contributed by atoms with Gasteiger partial charge in [-0.2, -0.15) is 29.9 Å². The van der Waals surface area contributed by atoms with E-state index in [-0.39, 0.29) is 68.5 Å². The smallest absolute Gasteiger partial charge is 0.232 e. The molecule has 0 aromatic carbocycles. The van der Waals surface area contributed by atoms with Crippen molar-refractivity contribution in [2.45, 2.75) is 282 Å². The monoisotopic (exact) mass is 1110 g/mol. The van der Waals surface area contributed by atoms with Gasteiger partial charge in [-0.1, -0.05) is 25.7 Å². The van der Waals surface area contributed by atoms with Gasteiger partial charge in [-0.3, -0.25) is 0 Å². The maximum atomic E-state index is 5.94. The van der Waals surface area contributed by atoms with E-state index in [2.05, 4.69) is 161 Å². The third kappa shape index (κ3) is 16.1. The molecule has 0 spiro atoms. The SMILES string of the molecule is CC1(C)CC(N2CCCCCCN(C3CC(C)(C)NC(C)(C)C3)c3nc(N4CCOCC4)nc(n3)N(C3CC(C)(C)NC(C)(C)C3)CCCCCCN(C3CC(C)(C)NC(C)(C)C3)c3nc(N4CCOCC4)nc2n3)CC(C)(C)N1. The molecule has 0 amide bonds. The predicted octanol–water partition coefficient (Wildman–Crippen LogP) is 9.03. The second-order valence-electron chi connectivity index (χ2n) is 31.1. The van der Waals surface area contributed by atoms with Gasteiger partial charge < -0.3 is 60.1 Å². The van der Waals surface area contributed by atoms with Crippen LogP contribution in [-0.4, -0.2) is 177 Å². The first-order valence-corrected chi connectivity index (χ1v) is 31.8. The van der Waals surface area contributed by atoms with Crippen molar-refractivity contribution < 1.29 is 9.47 Å². The van der Waals surface area contributed by atoms with E-state index in [9.17, 15) is 0 Å². The molecule has 9 rings (SSSR count). The first-order valence-electron chi connectivity index (χ1n) is 31.8. The first kappa shape index (κ1) is 61.1. The largest absolute Gasteiger partial charge is 0.378 e. The van der Waals surface area contributed by atoms with Crippen molar-refractivity contribution in [1.29, 1.82) is 0 Å². The van der Waals surface area contributed by atoms with Gasteiger partial charge in [-0.25, -0.2) is 0 Å². The fraction of sp³-hybridized carbons (Fsp3) is 0.903. The Bertz CT molecular complexity index is 2000. The third-order valence-electron chi connectivity index (χ3n) is 18.3. The highest BCUT2D eigenvalue weighted by atomic mass is 16.5. The van der Waals surface area contributed by atoms with Gasteiger partial charge in [0.25, 0.3) is 0 Å². The van der Waals surface area contributed by atoms with Crippen molar-refractivity contribution in [3.63, 3.8) is 0 Å². The molecule has 7 aliphatic rings. The van der Waals surface area contributed by atoms with Crippen molar-refractivity contribution in [1.82, 2.24) is 51.2 Å². The van der Waals surface area contributed by atoms with Crippen molar-refractivity contribution in [2.24, 2.45) is 0 Å². The number of nitrogens with zero attached hydrogens (tertiary/aromatic N) is 12. The minimum Gasteiger partial charge on any atom is -0.378 e. The van der Waals surface area contributed by atoms with Crippen LogP contribution in [-0.2, 0) is 9.47 Å². The zero-order chi connectivity index (χ0) is 57.5. The lowest BCUT2D eigenvalue weighted by molar-refractivity contribution is 0.122. The molecule has 6 saturated heterocycles. The van der Waals surface area contributed by atoms with Gasteiger partial charge in [0.1, 0.15) is 0 Å². The standard InChI is InChI=1S/C62H112N16O2/c1-55(2)37-45(38-56(3,4)69-55)75-25-21-17-18-22-27-77(47-41-59(9,10)71-60(11,12)42-47)53-65-50(74-31-35-80-36-32-74)66-54(68-53)78(48-43-61(13,14)72-62(15,16)44-48)28-24-20-19-23-26-76(46-39-57(5,6)70-58(7,8)40-46)52-64-49(63-51(75)67-52)73-29-33-79-34-30-73/h45-48,69-72H,17-44H2,1-16H3. The molecule has 0 aliphatic carbocycles. The summed E-state index contributed by atoms with van der Waals surface area (Å²) in [4.78, 5) is 48.9. The van der Waals surface area contributed by atoms with Gasteiger partial charge in [0, 0.05) is 121 Å². The lowest BCUT2D eigenvalue weighted by Gasteiger charge is -2.50. The van der Waals surface area contributed by atoms with Gasteiger partial charge in [-0.15, -0.1) is 0 Å². The number of nitrogens with one attached hydrogen (secondary N) is 4. The number of hydrogen-bond acceptors (Lipinski definition) is 18. The Labute approximate surface area is 484 Å². The van der Waals surface area contributed by atoms with Crippen LogP contribution in [0.3, 0.4) is 0 Å². The lowest BCUT2D eigenvalue weighted by atomic mass is 9.79. The van der Waals surface area contributed by atoms with Gasteiger partial charge >= 0.3 is 0 Å². The summed E-state index contributed by atoms with van der Waals surface area (Å²) in [6.45, 7) is 47.3. The van der Waals surface area contributed by atoms with E-state index in [1.54, 1.807) is 0 Å². The molecule has 452 valence electrons. The highest BCUT2D eigenvalue weighted by Crippen LogP contribution is 2.40. The summed E-state index contributed by atoms with van der Waals surface area (Å²) in [5.74, 6) is 4.93. The number of morpholine rings is 2. The molecule has 0 saturated carbocycles. The third-order valence-corrected chi connectivity index (χ3v) is 18.3.